The number of hydrogen-bond donors (Lipinski definition) is 2. The molecule has 1 fully saturated rings. The molecule has 2 heterocycles. The second kappa shape index (κ2) is 7.77. The van der Waals surface area contributed by atoms with Gasteiger partial charge in [0.15, 0.2) is 0 Å². The third-order valence-corrected chi connectivity index (χ3v) is 5.42. The molecule has 1 saturated heterocycles. The summed E-state index contributed by atoms with van der Waals surface area (Å²) >= 11 is 7.29. The summed E-state index contributed by atoms with van der Waals surface area (Å²) in [5.74, 6) is 0.625. The van der Waals surface area contributed by atoms with Crippen molar-refractivity contribution in [2.24, 2.45) is 5.41 Å². The molecule has 0 atom stereocenters. The lowest BCUT2D eigenvalue weighted by Gasteiger charge is -2.48. The fourth-order valence-corrected chi connectivity index (χ4v) is 3.88. The number of aromatic nitrogens is 2. The molecule has 9 heteroatoms. The number of carbonyl (C=O) groups is 1. The van der Waals surface area contributed by atoms with Crippen LogP contribution in [0.25, 0.3) is 0 Å². The van der Waals surface area contributed by atoms with E-state index in [1.54, 1.807) is 0 Å². The van der Waals surface area contributed by atoms with Crippen LogP contribution in [0.3, 0.4) is 0 Å². The third kappa shape index (κ3) is 3.92. The second-order valence-corrected chi connectivity index (χ2v) is 7.86. The summed E-state index contributed by atoms with van der Waals surface area (Å²) in [6.07, 6.45) is 0.608. The van der Waals surface area contributed by atoms with Crippen molar-refractivity contribution in [1.82, 2.24) is 14.7 Å². The zero-order valence-electron chi connectivity index (χ0n) is 14.8. The standard InChI is InChI=1S/C17H22ClN5O2S/c1-22(2)15-20-16(26-21-15)23-10-17(11-23,14(25)19-7-8-24)9-12-3-5-13(18)6-4-12/h3-6,24H,7-11H2,1-2H3,(H,19,25). The maximum atomic E-state index is 12.8. The molecule has 7 nitrogen and oxygen atoms in total. The molecule has 0 spiro atoms. The summed E-state index contributed by atoms with van der Waals surface area (Å²) in [4.78, 5) is 21.2. The minimum Gasteiger partial charge on any atom is -0.395 e. The Hall–Kier alpha value is -1.90. The van der Waals surface area contributed by atoms with Crippen molar-refractivity contribution < 1.29 is 9.90 Å². The monoisotopic (exact) mass is 395 g/mol. The van der Waals surface area contributed by atoms with Crippen molar-refractivity contribution in [2.45, 2.75) is 6.42 Å². The number of nitrogens with zero attached hydrogens (tertiary/aromatic N) is 4. The van der Waals surface area contributed by atoms with E-state index in [2.05, 4.69) is 19.6 Å². The predicted molar refractivity (Wildman–Crippen MR) is 104 cm³/mol. The Morgan fingerprint density at radius 2 is 2.08 bits per heavy atom. The molecule has 1 aromatic carbocycles. The van der Waals surface area contributed by atoms with Gasteiger partial charge in [-0.2, -0.15) is 9.36 Å². The number of nitrogens with one attached hydrogen (secondary N) is 1. The fourth-order valence-electron chi connectivity index (χ4n) is 3.02. The number of carbonyl (C=O) groups excluding carboxylic acids is 1. The van der Waals surface area contributed by atoms with Crippen LogP contribution in [0.5, 0.6) is 0 Å². The Morgan fingerprint density at radius 3 is 2.65 bits per heavy atom. The molecule has 1 aromatic heterocycles. The van der Waals surface area contributed by atoms with E-state index in [1.807, 2.05) is 43.3 Å². The molecule has 26 heavy (non-hydrogen) atoms. The number of rotatable bonds is 7. The van der Waals surface area contributed by atoms with Gasteiger partial charge in [-0.25, -0.2) is 0 Å². The lowest BCUT2D eigenvalue weighted by Crippen LogP contribution is -2.64. The Morgan fingerprint density at radius 1 is 1.38 bits per heavy atom. The first kappa shape index (κ1) is 18.9. The highest BCUT2D eigenvalue weighted by Crippen LogP contribution is 2.39. The van der Waals surface area contributed by atoms with Crippen molar-refractivity contribution in [3.8, 4) is 0 Å². The highest BCUT2D eigenvalue weighted by Gasteiger charge is 2.50. The number of halogens is 1. The number of aliphatic hydroxyl groups excluding tert-OH is 1. The van der Waals surface area contributed by atoms with Gasteiger partial charge in [0.2, 0.25) is 17.0 Å². The summed E-state index contributed by atoms with van der Waals surface area (Å²) in [5, 5.41) is 13.3. The molecule has 1 aliphatic heterocycles. The SMILES string of the molecule is CN(C)c1nsc(N2CC(Cc3ccc(Cl)cc3)(C(=O)NCCO)C2)n1. The van der Waals surface area contributed by atoms with Crippen LogP contribution in [0.2, 0.25) is 5.02 Å². The maximum absolute atomic E-state index is 12.8. The van der Waals surface area contributed by atoms with Gasteiger partial charge in [0, 0.05) is 50.3 Å². The molecule has 1 aliphatic rings. The smallest absolute Gasteiger partial charge is 0.238 e. The van der Waals surface area contributed by atoms with Gasteiger partial charge in [-0.05, 0) is 24.1 Å². The topological polar surface area (TPSA) is 81.6 Å². The highest BCUT2D eigenvalue weighted by atomic mass is 35.5. The second-order valence-electron chi connectivity index (χ2n) is 6.69. The van der Waals surface area contributed by atoms with Crippen molar-refractivity contribution in [2.75, 3.05) is 50.1 Å². The van der Waals surface area contributed by atoms with Gasteiger partial charge in [0.25, 0.3) is 0 Å². The Balaban J connectivity index is 1.75. The van der Waals surface area contributed by atoms with E-state index in [0.717, 1.165) is 10.7 Å². The van der Waals surface area contributed by atoms with E-state index in [9.17, 15) is 4.79 Å². The molecule has 2 N–H and O–H groups in total. The lowest BCUT2D eigenvalue weighted by molar-refractivity contribution is -0.132. The van der Waals surface area contributed by atoms with Crippen LogP contribution in [-0.4, -0.2) is 60.7 Å². The maximum Gasteiger partial charge on any atom is 0.238 e. The molecule has 0 radical (unpaired) electrons. The van der Waals surface area contributed by atoms with E-state index in [-0.39, 0.29) is 19.1 Å². The predicted octanol–water partition coefficient (Wildman–Crippen LogP) is 1.42. The van der Waals surface area contributed by atoms with Crippen LogP contribution in [0.4, 0.5) is 11.1 Å². The minimum absolute atomic E-state index is 0.0462. The average Bonchev–Trinajstić information content (AvgIpc) is 3.07. The first-order valence-electron chi connectivity index (χ1n) is 8.33. The Labute approximate surface area is 161 Å². The molecular weight excluding hydrogens is 374 g/mol. The van der Waals surface area contributed by atoms with Gasteiger partial charge in [0.05, 0.1) is 12.0 Å². The number of anilines is 2. The van der Waals surface area contributed by atoms with Crippen molar-refractivity contribution in [3.63, 3.8) is 0 Å². The molecule has 3 rings (SSSR count). The van der Waals surface area contributed by atoms with Crippen LogP contribution >= 0.6 is 23.1 Å². The molecule has 1 amide bonds. The third-order valence-electron chi connectivity index (χ3n) is 4.40. The molecule has 2 aromatic rings. The average molecular weight is 396 g/mol. The van der Waals surface area contributed by atoms with Crippen molar-refractivity contribution in [3.05, 3.63) is 34.9 Å². The van der Waals surface area contributed by atoms with Gasteiger partial charge >= 0.3 is 0 Å². The van der Waals surface area contributed by atoms with Crippen LogP contribution in [0.1, 0.15) is 5.56 Å². The van der Waals surface area contributed by atoms with E-state index in [0.29, 0.717) is 30.5 Å². The van der Waals surface area contributed by atoms with Gasteiger partial charge in [0.1, 0.15) is 0 Å². The quantitative estimate of drug-likeness (QED) is 0.737. The van der Waals surface area contributed by atoms with Gasteiger partial charge in [-0.15, -0.1) is 0 Å². The Bertz CT molecular complexity index is 759. The normalized spacial score (nSPS) is 15.5. The van der Waals surface area contributed by atoms with Crippen molar-refractivity contribution in [1.29, 1.82) is 0 Å². The summed E-state index contributed by atoms with van der Waals surface area (Å²) in [7, 11) is 3.80. The molecule has 0 saturated carbocycles. The van der Waals surface area contributed by atoms with E-state index < -0.39 is 5.41 Å². The zero-order chi connectivity index (χ0) is 18.7. The summed E-state index contributed by atoms with van der Waals surface area (Å²) in [6, 6.07) is 7.56. The lowest BCUT2D eigenvalue weighted by atomic mass is 9.74. The van der Waals surface area contributed by atoms with Crippen LogP contribution < -0.4 is 15.1 Å². The zero-order valence-corrected chi connectivity index (χ0v) is 16.3. The number of benzene rings is 1. The molecule has 140 valence electrons. The van der Waals surface area contributed by atoms with Crippen LogP contribution in [0, 0.1) is 5.41 Å². The van der Waals surface area contributed by atoms with Gasteiger partial charge in [-0.3, -0.25) is 4.79 Å². The first-order valence-corrected chi connectivity index (χ1v) is 9.48. The van der Waals surface area contributed by atoms with Crippen LogP contribution in [0.15, 0.2) is 24.3 Å². The molecule has 0 bridgehead atoms. The molecular formula is C17H22ClN5O2S. The minimum atomic E-state index is -0.549. The van der Waals surface area contributed by atoms with E-state index in [1.165, 1.54) is 11.5 Å². The van der Waals surface area contributed by atoms with Crippen LogP contribution in [-0.2, 0) is 11.2 Å². The Kier molecular flexibility index (Phi) is 5.64. The van der Waals surface area contributed by atoms with Crippen molar-refractivity contribution >= 4 is 40.1 Å². The highest BCUT2D eigenvalue weighted by molar-refractivity contribution is 7.10. The number of hydrogen-bond acceptors (Lipinski definition) is 7. The number of amides is 1. The fraction of sp³-hybridized carbons (Fsp3) is 0.471. The summed E-state index contributed by atoms with van der Waals surface area (Å²) in [5.41, 5.74) is 0.506. The first-order chi connectivity index (χ1) is 12.4. The molecule has 0 aliphatic carbocycles. The largest absolute Gasteiger partial charge is 0.395 e. The van der Waals surface area contributed by atoms with E-state index in [4.69, 9.17) is 16.7 Å². The summed E-state index contributed by atoms with van der Waals surface area (Å²) < 4.78 is 4.32. The van der Waals surface area contributed by atoms with E-state index >= 15 is 0 Å². The molecule has 0 unspecified atom stereocenters. The summed E-state index contributed by atoms with van der Waals surface area (Å²) in [6.45, 7) is 1.31. The van der Waals surface area contributed by atoms with Gasteiger partial charge < -0.3 is 20.2 Å². The number of aliphatic hydroxyl groups is 1. The van der Waals surface area contributed by atoms with Gasteiger partial charge in [-0.1, -0.05) is 23.7 Å².